The highest BCUT2D eigenvalue weighted by molar-refractivity contribution is 8.00. The van der Waals surface area contributed by atoms with Crippen molar-refractivity contribution in [3.8, 4) is 5.75 Å². The molecule has 0 aliphatic carbocycles. The van der Waals surface area contributed by atoms with E-state index in [2.05, 4.69) is 16.0 Å². The van der Waals surface area contributed by atoms with E-state index in [1.54, 1.807) is 66.7 Å². The molecule has 1 aliphatic rings. The van der Waals surface area contributed by atoms with Crippen LogP contribution in [0.5, 0.6) is 5.75 Å². The number of hydrogen-bond acceptors (Lipinski definition) is 8. The standard InChI is InChI=1S/C37H34F2N4O8S/c38-25-12-6-21(7-13-25)29(44)20-52-33-35(48)43-37(33,23-8-14-26(39)15-9-23)24-10-16-27(17-11-24)51-19-31(46)42-32(22-4-2-1-3-5-22)34(47)41-28(36(49)50)18-30(40)45/h1-17,28-29,32-33,44H,18-20H2,(H2,40,45)(H,41,47)(H,42,46)(H,43,48)(H,49,50)/t28-,29?,32+,33-,37-/m0/s1. The fourth-order valence-corrected chi connectivity index (χ4v) is 7.07. The molecule has 0 radical (unpaired) electrons. The Labute approximate surface area is 300 Å². The Morgan fingerprint density at radius 1 is 0.846 bits per heavy atom. The average molecular weight is 733 g/mol. The van der Waals surface area contributed by atoms with Crippen LogP contribution in [0.3, 0.4) is 0 Å². The van der Waals surface area contributed by atoms with E-state index in [1.807, 2.05) is 0 Å². The summed E-state index contributed by atoms with van der Waals surface area (Å²) in [7, 11) is 0. The average Bonchev–Trinajstić information content (AvgIpc) is 3.12. The molecule has 7 N–H and O–H groups in total. The van der Waals surface area contributed by atoms with E-state index >= 15 is 0 Å². The number of aliphatic carboxylic acids is 1. The van der Waals surface area contributed by atoms with Gasteiger partial charge in [0.25, 0.3) is 5.91 Å². The zero-order valence-corrected chi connectivity index (χ0v) is 28.1. The Kier molecular flexibility index (Phi) is 11.9. The number of nitrogens with one attached hydrogen (secondary N) is 3. The van der Waals surface area contributed by atoms with Crippen LogP contribution in [0.25, 0.3) is 0 Å². The van der Waals surface area contributed by atoms with E-state index in [1.165, 1.54) is 48.2 Å². The summed E-state index contributed by atoms with van der Waals surface area (Å²) in [5.74, 6) is -4.89. The molecule has 1 saturated heterocycles. The van der Waals surface area contributed by atoms with Gasteiger partial charge < -0.3 is 36.6 Å². The number of ether oxygens (including phenoxy) is 1. The number of halogens is 2. The second-order valence-electron chi connectivity index (χ2n) is 11.9. The van der Waals surface area contributed by atoms with Crippen molar-refractivity contribution in [2.45, 2.75) is 35.4 Å². The van der Waals surface area contributed by atoms with Crippen LogP contribution in [0.4, 0.5) is 8.78 Å². The molecule has 5 atom stereocenters. The van der Waals surface area contributed by atoms with Gasteiger partial charge in [0.15, 0.2) is 6.61 Å². The summed E-state index contributed by atoms with van der Waals surface area (Å²) >= 11 is 1.19. The lowest BCUT2D eigenvalue weighted by atomic mass is 9.74. The summed E-state index contributed by atoms with van der Waals surface area (Å²) in [6.45, 7) is -0.542. The number of carboxylic acids is 1. The fourth-order valence-electron chi connectivity index (χ4n) is 5.71. The molecule has 0 saturated carbocycles. The number of thioether (sulfide) groups is 1. The third-order valence-corrected chi connectivity index (χ3v) is 9.74. The smallest absolute Gasteiger partial charge is 0.326 e. The van der Waals surface area contributed by atoms with Crippen molar-refractivity contribution in [2.75, 3.05) is 12.4 Å². The van der Waals surface area contributed by atoms with Gasteiger partial charge in [0.2, 0.25) is 17.7 Å². The molecule has 4 amide bonds. The fraction of sp³-hybridized carbons (Fsp3) is 0.216. The van der Waals surface area contributed by atoms with E-state index < -0.39 is 77.3 Å². The lowest BCUT2D eigenvalue weighted by Gasteiger charge is -2.50. The molecule has 12 nitrogen and oxygen atoms in total. The van der Waals surface area contributed by atoms with Gasteiger partial charge in [-0.15, -0.1) is 11.8 Å². The van der Waals surface area contributed by atoms with Crippen LogP contribution in [-0.2, 0) is 29.5 Å². The molecule has 1 heterocycles. The van der Waals surface area contributed by atoms with Gasteiger partial charge in [0.1, 0.15) is 40.3 Å². The van der Waals surface area contributed by atoms with Crippen LogP contribution in [0.15, 0.2) is 103 Å². The second kappa shape index (κ2) is 16.5. The Morgan fingerprint density at radius 2 is 1.42 bits per heavy atom. The molecule has 4 aromatic rings. The molecule has 4 aromatic carbocycles. The summed E-state index contributed by atoms with van der Waals surface area (Å²) in [6.07, 6.45) is -1.65. The van der Waals surface area contributed by atoms with Crippen LogP contribution in [0.2, 0.25) is 0 Å². The number of amides is 4. The van der Waals surface area contributed by atoms with Gasteiger partial charge in [0.05, 0.1) is 12.5 Å². The first kappa shape index (κ1) is 37.5. The molecule has 0 spiro atoms. The molecular formula is C37H34F2N4O8S. The number of rotatable bonds is 16. The highest BCUT2D eigenvalue weighted by atomic mass is 32.2. The topological polar surface area (TPSA) is 197 Å². The number of benzene rings is 4. The van der Waals surface area contributed by atoms with E-state index in [0.717, 1.165) is 0 Å². The van der Waals surface area contributed by atoms with Gasteiger partial charge >= 0.3 is 5.97 Å². The molecule has 0 bridgehead atoms. The van der Waals surface area contributed by atoms with Crippen molar-refractivity contribution in [2.24, 2.45) is 5.73 Å². The molecule has 0 aromatic heterocycles. The minimum absolute atomic E-state index is 0.104. The van der Waals surface area contributed by atoms with Crippen molar-refractivity contribution in [1.82, 2.24) is 16.0 Å². The number of primary amides is 1. The molecule has 15 heteroatoms. The second-order valence-corrected chi connectivity index (χ2v) is 13.0. The summed E-state index contributed by atoms with van der Waals surface area (Å²) in [6, 6.07) is 22.6. The normalized spacial score (nSPS) is 18.1. The largest absolute Gasteiger partial charge is 0.484 e. The number of carbonyl (C=O) groups excluding carboxylic acids is 4. The summed E-state index contributed by atoms with van der Waals surface area (Å²) in [4.78, 5) is 62.0. The third kappa shape index (κ3) is 8.73. The number of nitrogens with two attached hydrogens (primary N) is 1. The molecule has 1 fully saturated rings. The monoisotopic (exact) mass is 732 g/mol. The van der Waals surface area contributed by atoms with Crippen LogP contribution in [0, 0.1) is 11.6 Å². The van der Waals surface area contributed by atoms with E-state index in [4.69, 9.17) is 10.5 Å². The van der Waals surface area contributed by atoms with Crippen molar-refractivity contribution in [1.29, 1.82) is 0 Å². The van der Waals surface area contributed by atoms with E-state index in [9.17, 15) is 43.0 Å². The number of aliphatic hydroxyl groups is 1. The van der Waals surface area contributed by atoms with Crippen LogP contribution >= 0.6 is 11.8 Å². The number of β-lactam (4-membered cyclic amide) rings is 1. The first-order chi connectivity index (χ1) is 24.9. The van der Waals surface area contributed by atoms with Crippen molar-refractivity contribution in [3.63, 3.8) is 0 Å². The lowest BCUT2D eigenvalue weighted by molar-refractivity contribution is -0.143. The highest BCUT2D eigenvalue weighted by Crippen LogP contribution is 2.46. The zero-order chi connectivity index (χ0) is 37.4. The van der Waals surface area contributed by atoms with Gasteiger partial charge in [-0.3, -0.25) is 19.2 Å². The number of aliphatic hydroxyl groups excluding tert-OH is 1. The summed E-state index contributed by atoms with van der Waals surface area (Å²) < 4.78 is 33.0. The van der Waals surface area contributed by atoms with Gasteiger partial charge in [-0.1, -0.05) is 66.7 Å². The summed E-state index contributed by atoms with van der Waals surface area (Å²) in [5, 5.41) is 27.2. The Morgan fingerprint density at radius 3 is 1.98 bits per heavy atom. The molecule has 270 valence electrons. The number of carboxylic acid groups (broad SMARTS) is 1. The Balaban J connectivity index is 1.29. The van der Waals surface area contributed by atoms with Crippen molar-refractivity contribution in [3.05, 3.63) is 137 Å². The minimum atomic E-state index is -1.61. The van der Waals surface area contributed by atoms with Gasteiger partial charge in [-0.25, -0.2) is 13.6 Å². The van der Waals surface area contributed by atoms with Crippen LogP contribution in [-0.4, -0.2) is 63.5 Å². The molecule has 1 aliphatic heterocycles. The summed E-state index contributed by atoms with van der Waals surface area (Å²) in [5.41, 5.74) is 6.01. The number of carbonyl (C=O) groups is 5. The predicted octanol–water partition coefficient (Wildman–Crippen LogP) is 2.85. The lowest BCUT2D eigenvalue weighted by Crippen LogP contribution is -2.69. The van der Waals surface area contributed by atoms with Crippen LogP contribution < -0.4 is 26.4 Å². The molecular weight excluding hydrogens is 698 g/mol. The minimum Gasteiger partial charge on any atom is -0.484 e. The van der Waals surface area contributed by atoms with Crippen LogP contribution in [0.1, 0.15) is 40.8 Å². The van der Waals surface area contributed by atoms with Crippen molar-refractivity contribution < 1.29 is 47.7 Å². The first-order valence-corrected chi connectivity index (χ1v) is 16.9. The SMILES string of the molecule is NC(=O)C[C@H](NC(=O)[C@H](NC(=O)COc1ccc([C@]2(c3ccc(F)cc3)NC(=O)[C@@H]2SCC(O)c2ccc(F)cc2)cc1)c1ccccc1)C(=O)O. The zero-order valence-electron chi connectivity index (χ0n) is 27.3. The maximum atomic E-state index is 13.9. The maximum absolute atomic E-state index is 13.9. The highest BCUT2D eigenvalue weighted by Gasteiger charge is 2.56. The molecule has 5 rings (SSSR count). The maximum Gasteiger partial charge on any atom is 0.326 e. The Hall–Kier alpha value is -5.80. The predicted molar refractivity (Wildman–Crippen MR) is 186 cm³/mol. The van der Waals surface area contributed by atoms with E-state index in [-0.39, 0.29) is 17.4 Å². The van der Waals surface area contributed by atoms with Crippen molar-refractivity contribution >= 4 is 41.4 Å². The van der Waals surface area contributed by atoms with Gasteiger partial charge in [-0.05, 0) is 58.7 Å². The third-order valence-electron chi connectivity index (χ3n) is 8.33. The van der Waals surface area contributed by atoms with Gasteiger partial charge in [-0.2, -0.15) is 0 Å². The first-order valence-electron chi connectivity index (χ1n) is 15.9. The quantitative estimate of drug-likeness (QED) is 0.0939. The molecule has 1 unspecified atom stereocenters. The number of hydrogen-bond donors (Lipinski definition) is 6. The molecule has 52 heavy (non-hydrogen) atoms. The van der Waals surface area contributed by atoms with E-state index in [0.29, 0.717) is 22.3 Å². The Bertz CT molecular complexity index is 1920. The van der Waals surface area contributed by atoms with Gasteiger partial charge in [0, 0.05) is 5.75 Å².